The van der Waals surface area contributed by atoms with E-state index in [2.05, 4.69) is 5.32 Å². The normalized spacial score (nSPS) is 10.4. The fraction of sp³-hybridized carbons (Fsp3) is 0.188. The van der Waals surface area contributed by atoms with Crippen LogP contribution in [-0.4, -0.2) is 5.91 Å². The number of rotatable bonds is 3. The van der Waals surface area contributed by atoms with Crippen LogP contribution >= 0.6 is 23.2 Å². The molecule has 1 amide bonds. The predicted molar refractivity (Wildman–Crippen MR) is 83.5 cm³/mol. The molecule has 0 bridgehead atoms. The van der Waals surface area contributed by atoms with Crippen LogP contribution in [0.1, 0.15) is 27.0 Å². The van der Waals surface area contributed by atoms with Crippen molar-refractivity contribution in [2.45, 2.75) is 20.4 Å². The molecule has 2 nitrogen and oxygen atoms in total. The van der Waals surface area contributed by atoms with E-state index in [1.807, 2.05) is 38.1 Å². The highest BCUT2D eigenvalue weighted by Crippen LogP contribution is 2.21. The van der Waals surface area contributed by atoms with Gasteiger partial charge in [0.1, 0.15) is 0 Å². The summed E-state index contributed by atoms with van der Waals surface area (Å²) in [4.78, 5) is 12.2. The lowest BCUT2D eigenvalue weighted by molar-refractivity contribution is 0.0950. The monoisotopic (exact) mass is 307 g/mol. The summed E-state index contributed by atoms with van der Waals surface area (Å²) in [5.41, 5.74) is 3.55. The first-order chi connectivity index (χ1) is 9.47. The van der Waals surface area contributed by atoms with Gasteiger partial charge in [0, 0.05) is 22.2 Å². The SMILES string of the molecule is Cc1ccc(C)c(C(=O)NCc2ccc(Cl)cc2Cl)c1. The number of amides is 1. The van der Waals surface area contributed by atoms with Gasteiger partial charge in [-0.3, -0.25) is 4.79 Å². The molecule has 0 saturated heterocycles. The summed E-state index contributed by atoms with van der Waals surface area (Å²) in [5.74, 6) is -0.0998. The average molecular weight is 308 g/mol. The Kier molecular flexibility index (Phi) is 4.69. The molecule has 2 aromatic rings. The Morgan fingerprint density at radius 3 is 2.55 bits per heavy atom. The van der Waals surface area contributed by atoms with Crippen molar-refractivity contribution in [2.24, 2.45) is 0 Å². The molecule has 0 spiro atoms. The molecule has 2 aromatic carbocycles. The third-order valence-corrected chi connectivity index (χ3v) is 3.68. The Labute approximate surface area is 128 Å². The second kappa shape index (κ2) is 6.29. The lowest BCUT2D eigenvalue weighted by atomic mass is 10.0. The molecule has 0 aromatic heterocycles. The smallest absolute Gasteiger partial charge is 0.251 e. The van der Waals surface area contributed by atoms with E-state index >= 15 is 0 Å². The van der Waals surface area contributed by atoms with Crippen LogP contribution in [-0.2, 0) is 6.54 Å². The first-order valence-corrected chi connectivity index (χ1v) is 7.02. The van der Waals surface area contributed by atoms with E-state index < -0.39 is 0 Å². The number of carbonyl (C=O) groups is 1. The minimum atomic E-state index is -0.0998. The van der Waals surface area contributed by atoms with E-state index in [4.69, 9.17) is 23.2 Å². The fourth-order valence-electron chi connectivity index (χ4n) is 1.92. The Bertz CT molecular complexity index is 653. The van der Waals surface area contributed by atoms with Crippen molar-refractivity contribution in [3.05, 3.63) is 68.7 Å². The van der Waals surface area contributed by atoms with Crippen molar-refractivity contribution < 1.29 is 4.79 Å². The van der Waals surface area contributed by atoms with Crippen LogP contribution in [0.15, 0.2) is 36.4 Å². The van der Waals surface area contributed by atoms with Gasteiger partial charge in [-0.15, -0.1) is 0 Å². The molecular weight excluding hydrogens is 293 g/mol. The first kappa shape index (κ1) is 14.9. The third-order valence-electron chi connectivity index (χ3n) is 3.09. The van der Waals surface area contributed by atoms with Crippen LogP contribution < -0.4 is 5.32 Å². The molecule has 2 rings (SSSR count). The summed E-state index contributed by atoms with van der Waals surface area (Å²) in [7, 11) is 0. The summed E-state index contributed by atoms with van der Waals surface area (Å²) in [6, 6.07) is 11.1. The van der Waals surface area contributed by atoms with E-state index in [1.54, 1.807) is 12.1 Å². The van der Waals surface area contributed by atoms with Crippen LogP contribution in [0.25, 0.3) is 0 Å². The number of carbonyl (C=O) groups excluding carboxylic acids is 1. The average Bonchev–Trinajstić information content (AvgIpc) is 2.40. The minimum absolute atomic E-state index is 0.0998. The highest BCUT2D eigenvalue weighted by atomic mass is 35.5. The molecule has 0 aliphatic carbocycles. The second-order valence-electron chi connectivity index (χ2n) is 4.74. The van der Waals surface area contributed by atoms with Crippen molar-refractivity contribution in [2.75, 3.05) is 0 Å². The largest absolute Gasteiger partial charge is 0.348 e. The van der Waals surface area contributed by atoms with Crippen molar-refractivity contribution in [1.29, 1.82) is 0 Å². The Morgan fingerprint density at radius 1 is 1.10 bits per heavy atom. The zero-order valence-electron chi connectivity index (χ0n) is 11.3. The molecule has 1 N–H and O–H groups in total. The summed E-state index contributed by atoms with van der Waals surface area (Å²) in [6.45, 7) is 4.26. The van der Waals surface area contributed by atoms with Crippen molar-refractivity contribution >= 4 is 29.1 Å². The van der Waals surface area contributed by atoms with Crippen molar-refractivity contribution in [1.82, 2.24) is 5.32 Å². The summed E-state index contributed by atoms with van der Waals surface area (Å²) in [6.07, 6.45) is 0. The number of hydrogen-bond acceptors (Lipinski definition) is 1. The topological polar surface area (TPSA) is 29.1 Å². The molecular formula is C16H15Cl2NO. The quantitative estimate of drug-likeness (QED) is 0.886. The zero-order valence-corrected chi connectivity index (χ0v) is 12.8. The van der Waals surface area contributed by atoms with E-state index in [-0.39, 0.29) is 5.91 Å². The molecule has 104 valence electrons. The Balaban J connectivity index is 2.10. The molecule has 0 saturated carbocycles. The third kappa shape index (κ3) is 3.53. The zero-order chi connectivity index (χ0) is 14.7. The second-order valence-corrected chi connectivity index (χ2v) is 5.58. The van der Waals surface area contributed by atoms with Gasteiger partial charge < -0.3 is 5.32 Å². The molecule has 0 unspecified atom stereocenters. The number of halogens is 2. The van der Waals surface area contributed by atoms with E-state index in [1.165, 1.54) is 0 Å². The van der Waals surface area contributed by atoms with Crippen LogP contribution in [0, 0.1) is 13.8 Å². The van der Waals surface area contributed by atoms with Gasteiger partial charge in [-0.05, 0) is 43.2 Å². The van der Waals surface area contributed by atoms with Crippen LogP contribution in [0.2, 0.25) is 10.0 Å². The van der Waals surface area contributed by atoms with E-state index in [9.17, 15) is 4.79 Å². The van der Waals surface area contributed by atoms with Crippen molar-refractivity contribution in [3.63, 3.8) is 0 Å². The van der Waals surface area contributed by atoms with Gasteiger partial charge in [-0.25, -0.2) is 0 Å². The molecule has 0 atom stereocenters. The Hall–Kier alpha value is -1.51. The molecule has 4 heteroatoms. The van der Waals surface area contributed by atoms with Crippen LogP contribution in [0.5, 0.6) is 0 Å². The number of benzene rings is 2. The van der Waals surface area contributed by atoms with Gasteiger partial charge in [0.2, 0.25) is 0 Å². The van der Waals surface area contributed by atoms with Crippen molar-refractivity contribution in [3.8, 4) is 0 Å². The molecule has 0 radical (unpaired) electrons. The van der Waals surface area contributed by atoms with Gasteiger partial charge in [0.05, 0.1) is 0 Å². The lowest BCUT2D eigenvalue weighted by Crippen LogP contribution is -2.23. The van der Waals surface area contributed by atoms with Gasteiger partial charge in [-0.1, -0.05) is 47.0 Å². The molecule has 20 heavy (non-hydrogen) atoms. The molecule has 0 heterocycles. The summed E-state index contributed by atoms with van der Waals surface area (Å²) < 4.78 is 0. The van der Waals surface area contributed by atoms with Gasteiger partial charge in [0.15, 0.2) is 0 Å². The minimum Gasteiger partial charge on any atom is -0.348 e. The highest BCUT2D eigenvalue weighted by Gasteiger charge is 2.10. The lowest BCUT2D eigenvalue weighted by Gasteiger charge is -2.10. The number of hydrogen-bond donors (Lipinski definition) is 1. The van der Waals surface area contributed by atoms with Gasteiger partial charge in [-0.2, -0.15) is 0 Å². The maximum absolute atomic E-state index is 12.2. The van der Waals surface area contributed by atoms with Crippen LogP contribution in [0.4, 0.5) is 0 Å². The Morgan fingerprint density at radius 2 is 1.85 bits per heavy atom. The van der Waals surface area contributed by atoms with Gasteiger partial charge >= 0.3 is 0 Å². The standard InChI is InChI=1S/C16H15Cl2NO/c1-10-3-4-11(2)14(7-10)16(20)19-9-12-5-6-13(17)8-15(12)18/h3-8H,9H2,1-2H3,(H,19,20). The fourth-order valence-corrected chi connectivity index (χ4v) is 2.39. The summed E-state index contributed by atoms with van der Waals surface area (Å²) >= 11 is 11.9. The predicted octanol–water partition coefficient (Wildman–Crippen LogP) is 4.54. The van der Waals surface area contributed by atoms with Crippen LogP contribution in [0.3, 0.4) is 0 Å². The van der Waals surface area contributed by atoms with E-state index in [0.29, 0.717) is 22.2 Å². The molecule has 0 aliphatic rings. The summed E-state index contributed by atoms with van der Waals surface area (Å²) in [5, 5.41) is 4.01. The van der Waals surface area contributed by atoms with Gasteiger partial charge in [0.25, 0.3) is 5.91 Å². The number of nitrogens with one attached hydrogen (secondary N) is 1. The highest BCUT2D eigenvalue weighted by molar-refractivity contribution is 6.35. The van der Waals surface area contributed by atoms with E-state index in [0.717, 1.165) is 16.7 Å². The maximum Gasteiger partial charge on any atom is 0.251 e. The first-order valence-electron chi connectivity index (χ1n) is 6.27. The number of aryl methyl sites for hydroxylation is 2. The molecule has 0 fully saturated rings. The molecule has 0 aliphatic heterocycles. The maximum atomic E-state index is 12.2.